The first kappa shape index (κ1) is 18.7. The fourth-order valence-corrected chi connectivity index (χ4v) is 3.49. The first-order valence-electron chi connectivity index (χ1n) is 9.67. The van der Waals surface area contributed by atoms with Crippen molar-refractivity contribution in [2.45, 2.75) is 13.8 Å². The molecule has 0 radical (unpaired) electrons. The summed E-state index contributed by atoms with van der Waals surface area (Å²) in [4.78, 5) is 13.0. The molecule has 4 aromatic rings. The Bertz CT molecular complexity index is 1210. The van der Waals surface area contributed by atoms with Gasteiger partial charge in [-0.05, 0) is 53.5 Å². The minimum atomic E-state index is -0.349. The Morgan fingerprint density at radius 1 is 0.690 bits per heavy atom. The summed E-state index contributed by atoms with van der Waals surface area (Å²) in [5.41, 5.74) is 4.44. The molecule has 4 rings (SSSR count). The van der Waals surface area contributed by atoms with Crippen LogP contribution in [-0.4, -0.2) is 5.97 Å². The Morgan fingerprint density at radius 2 is 1.28 bits per heavy atom. The number of aryl methyl sites for hydroxylation is 2. The van der Waals surface area contributed by atoms with E-state index < -0.39 is 0 Å². The molecule has 0 bridgehead atoms. The zero-order chi connectivity index (χ0) is 20.2. The van der Waals surface area contributed by atoms with Gasteiger partial charge in [0, 0.05) is 5.56 Å². The molecule has 0 heterocycles. The number of carbonyl (C=O) groups is 1. The maximum atomic E-state index is 13.0. The van der Waals surface area contributed by atoms with E-state index in [1.165, 1.54) is 0 Å². The van der Waals surface area contributed by atoms with E-state index >= 15 is 0 Å². The van der Waals surface area contributed by atoms with Crippen molar-refractivity contribution in [1.29, 1.82) is 0 Å². The molecule has 0 atom stereocenters. The second-order valence-corrected chi connectivity index (χ2v) is 7.10. The zero-order valence-electron chi connectivity index (χ0n) is 16.6. The van der Waals surface area contributed by atoms with Gasteiger partial charge in [0.15, 0.2) is 0 Å². The van der Waals surface area contributed by atoms with Crippen LogP contribution in [0.25, 0.3) is 22.6 Å². The summed E-state index contributed by atoms with van der Waals surface area (Å²) in [6.07, 6.45) is 1.96. The van der Waals surface area contributed by atoms with Crippen LogP contribution in [0.4, 0.5) is 0 Å². The first-order chi connectivity index (χ1) is 14.1. The predicted octanol–water partition coefficient (Wildman–Crippen LogP) is 6.81. The Balaban J connectivity index is 1.83. The molecule has 29 heavy (non-hydrogen) atoms. The first-order valence-corrected chi connectivity index (χ1v) is 9.67. The molecule has 0 spiro atoms. The van der Waals surface area contributed by atoms with Crippen LogP contribution in [0.2, 0.25) is 0 Å². The SMILES string of the molecule is Cc1ccccc1C(=O)OC(=Cc1cccc2ccccc12)c1ccccc1C. The predicted molar refractivity (Wildman–Crippen MR) is 120 cm³/mol. The normalized spacial score (nSPS) is 11.4. The monoisotopic (exact) mass is 378 g/mol. The highest BCUT2D eigenvalue weighted by molar-refractivity contribution is 5.99. The maximum absolute atomic E-state index is 13.0. The number of benzene rings is 4. The molecule has 0 saturated heterocycles. The van der Waals surface area contributed by atoms with E-state index in [9.17, 15) is 4.79 Å². The lowest BCUT2D eigenvalue weighted by molar-refractivity contribution is 0.0693. The minimum Gasteiger partial charge on any atom is -0.422 e. The van der Waals surface area contributed by atoms with Crippen LogP contribution in [0.3, 0.4) is 0 Å². The number of ether oxygens (including phenoxy) is 1. The van der Waals surface area contributed by atoms with E-state index in [0.29, 0.717) is 11.3 Å². The molecule has 2 nitrogen and oxygen atoms in total. The quantitative estimate of drug-likeness (QED) is 0.221. The Hall–Kier alpha value is -3.65. The van der Waals surface area contributed by atoms with Crippen molar-refractivity contribution < 1.29 is 9.53 Å². The van der Waals surface area contributed by atoms with Crippen LogP contribution in [0, 0.1) is 13.8 Å². The molecule has 0 aromatic heterocycles. The molecular weight excluding hydrogens is 356 g/mol. The fourth-order valence-electron chi connectivity index (χ4n) is 3.49. The average molecular weight is 378 g/mol. The van der Waals surface area contributed by atoms with Crippen molar-refractivity contribution in [1.82, 2.24) is 0 Å². The third kappa shape index (κ3) is 3.97. The molecule has 0 aliphatic rings. The maximum Gasteiger partial charge on any atom is 0.343 e. The molecular formula is C27H22O2. The summed E-state index contributed by atoms with van der Waals surface area (Å²) in [6, 6.07) is 29.8. The number of fused-ring (bicyclic) bond motifs is 1. The van der Waals surface area contributed by atoms with Gasteiger partial charge in [-0.15, -0.1) is 0 Å². The standard InChI is InChI=1S/C27H22O2/c1-19-10-3-6-15-23(19)26(29-27(28)24-16-7-4-11-20(24)2)18-22-14-9-13-21-12-5-8-17-25(21)22/h3-18H,1-2H3. The molecule has 0 aliphatic carbocycles. The molecule has 0 aliphatic heterocycles. The van der Waals surface area contributed by atoms with Gasteiger partial charge < -0.3 is 4.74 Å². The number of hydrogen-bond donors (Lipinski definition) is 0. The van der Waals surface area contributed by atoms with Crippen molar-refractivity contribution >= 4 is 28.6 Å². The number of hydrogen-bond acceptors (Lipinski definition) is 2. The Labute approximate surface area is 171 Å². The fraction of sp³-hybridized carbons (Fsp3) is 0.0741. The number of rotatable bonds is 4. The summed E-state index contributed by atoms with van der Waals surface area (Å²) in [5, 5.41) is 2.27. The van der Waals surface area contributed by atoms with Crippen LogP contribution < -0.4 is 0 Å². The summed E-state index contributed by atoms with van der Waals surface area (Å²) in [7, 11) is 0. The van der Waals surface area contributed by atoms with Gasteiger partial charge in [0.2, 0.25) is 0 Å². The summed E-state index contributed by atoms with van der Waals surface area (Å²) in [5.74, 6) is 0.200. The zero-order valence-corrected chi connectivity index (χ0v) is 16.6. The van der Waals surface area contributed by atoms with Crippen LogP contribution in [0.15, 0.2) is 91.0 Å². The van der Waals surface area contributed by atoms with E-state index in [2.05, 4.69) is 18.2 Å². The topological polar surface area (TPSA) is 26.3 Å². The molecule has 0 N–H and O–H groups in total. The van der Waals surface area contributed by atoms with E-state index in [0.717, 1.165) is 33.0 Å². The van der Waals surface area contributed by atoms with Gasteiger partial charge in [0.1, 0.15) is 5.76 Å². The minimum absolute atomic E-state index is 0.349. The smallest absolute Gasteiger partial charge is 0.343 e. The molecule has 2 heteroatoms. The third-order valence-corrected chi connectivity index (χ3v) is 5.09. The molecule has 142 valence electrons. The third-order valence-electron chi connectivity index (χ3n) is 5.09. The van der Waals surface area contributed by atoms with Crippen LogP contribution in [-0.2, 0) is 4.74 Å². The van der Waals surface area contributed by atoms with E-state index in [1.807, 2.05) is 86.7 Å². The number of esters is 1. The van der Waals surface area contributed by atoms with Crippen LogP contribution in [0.1, 0.15) is 32.6 Å². The highest BCUT2D eigenvalue weighted by Gasteiger charge is 2.16. The lowest BCUT2D eigenvalue weighted by Gasteiger charge is -2.13. The van der Waals surface area contributed by atoms with Gasteiger partial charge in [-0.25, -0.2) is 4.79 Å². The molecule has 4 aromatic carbocycles. The second-order valence-electron chi connectivity index (χ2n) is 7.10. The largest absolute Gasteiger partial charge is 0.422 e. The lowest BCUT2D eigenvalue weighted by atomic mass is 10.0. The van der Waals surface area contributed by atoms with Gasteiger partial charge in [0.05, 0.1) is 5.56 Å². The lowest BCUT2D eigenvalue weighted by Crippen LogP contribution is -2.07. The molecule has 0 unspecified atom stereocenters. The van der Waals surface area contributed by atoms with Gasteiger partial charge in [-0.3, -0.25) is 0 Å². The van der Waals surface area contributed by atoms with Gasteiger partial charge in [-0.2, -0.15) is 0 Å². The van der Waals surface area contributed by atoms with Gasteiger partial charge >= 0.3 is 5.97 Å². The van der Waals surface area contributed by atoms with Crippen molar-refractivity contribution in [2.75, 3.05) is 0 Å². The van der Waals surface area contributed by atoms with Crippen molar-refractivity contribution in [3.8, 4) is 0 Å². The van der Waals surface area contributed by atoms with Gasteiger partial charge in [0.25, 0.3) is 0 Å². The van der Waals surface area contributed by atoms with E-state index in [4.69, 9.17) is 4.74 Å². The summed E-state index contributed by atoms with van der Waals surface area (Å²) in [6.45, 7) is 3.94. The average Bonchev–Trinajstić information content (AvgIpc) is 2.74. The second kappa shape index (κ2) is 8.15. The highest BCUT2D eigenvalue weighted by Crippen LogP contribution is 2.28. The van der Waals surface area contributed by atoms with E-state index in [-0.39, 0.29) is 5.97 Å². The Kier molecular flexibility index (Phi) is 5.26. The molecule has 0 fully saturated rings. The van der Waals surface area contributed by atoms with Crippen LogP contribution in [0.5, 0.6) is 0 Å². The molecule has 0 amide bonds. The van der Waals surface area contributed by atoms with Crippen LogP contribution >= 0.6 is 0 Å². The van der Waals surface area contributed by atoms with E-state index in [1.54, 1.807) is 6.07 Å². The number of carbonyl (C=O) groups excluding carboxylic acids is 1. The van der Waals surface area contributed by atoms with Crippen molar-refractivity contribution in [2.24, 2.45) is 0 Å². The summed E-state index contributed by atoms with van der Waals surface area (Å²) < 4.78 is 5.96. The Morgan fingerprint density at radius 3 is 2.00 bits per heavy atom. The van der Waals surface area contributed by atoms with Gasteiger partial charge in [-0.1, -0.05) is 84.9 Å². The summed E-state index contributed by atoms with van der Waals surface area (Å²) >= 11 is 0. The van der Waals surface area contributed by atoms with Crippen molar-refractivity contribution in [3.05, 3.63) is 119 Å². The highest BCUT2D eigenvalue weighted by atomic mass is 16.5. The van der Waals surface area contributed by atoms with Crippen molar-refractivity contribution in [3.63, 3.8) is 0 Å². The molecule has 0 saturated carbocycles.